The Hall–Kier alpha value is -1.88. The molecule has 1 N–H and O–H groups in total. The summed E-state index contributed by atoms with van der Waals surface area (Å²) in [5, 5.41) is 13.8. The van der Waals surface area contributed by atoms with Crippen molar-refractivity contribution in [1.82, 2.24) is 10.1 Å². The molecule has 5 heteroatoms. The maximum absolute atomic E-state index is 9.79. The first-order valence-corrected chi connectivity index (χ1v) is 6.45. The minimum Gasteiger partial charge on any atom is -0.507 e. The van der Waals surface area contributed by atoms with Crippen molar-refractivity contribution < 1.29 is 14.4 Å². The Morgan fingerprint density at radius 1 is 1.26 bits per heavy atom. The Morgan fingerprint density at radius 3 is 2.84 bits per heavy atom. The molecule has 1 aromatic heterocycles. The minimum absolute atomic E-state index is 0.132. The summed E-state index contributed by atoms with van der Waals surface area (Å²) in [6.07, 6.45) is 3.05. The van der Waals surface area contributed by atoms with Gasteiger partial charge in [-0.25, -0.2) is 0 Å². The zero-order valence-corrected chi connectivity index (χ0v) is 10.8. The Labute approximate surface area is 111 Å². The zero-order valence-electron chi connectivity index (χ0n) is 10.8. The number of phenols is 1. The summed E-state index contributed by atoms with van der Waals surface area (Å²) >= 11 is 0. The number of aromatic nitrogens is 2. The van der Waals surface area contributed by atoms with Crippen molar-refractivity contribution in [1.29, 1.82) is 0 Å². The average Bonchev–Trinajstić information content (AvgIpc) is 2.90. The molecule has 1 fully saturated rings. The Bertz CT molecular complexity index is 574. The summed E-state index contributed by atoms with van der Waals surface area (Å²) < 4.78 is 11.0. The molecule has 1 aliphatic heterocycles. The second kappa shape index (κ2) is 4.66. The van der Waals surface area contributed by atoms with Gasteiger partial charge in [0.1, 0.15) is 11.4 Å². The van der Waals surface area contributed by atoms with Crippen LogP contribution < -0.4 is 0 Å². The quantitative estimate of drug-likeness (QED) is 0.899. The summed E-state index contributed by atoms with van der Waals surface area (Å²) in [6.45, 7) is 2.70. The van der Waals surface area contributed by atoms with E-state index in [9.17, 15) is 5.11 Å². The predicted molar refractivity (Wildman–Crippen MR) is 68.6 cm³/mol. The van der Waals surface area contributed by atoms with Gasteiger partial charge in [-0.3, -0.25) is 0 Å². The van der Waals surface area contributed by atoms with Crippen molar-refractivity contribution >= 4 is 0 Å². The van der Waals surface area contributed by atoms with Crippen LogP contribution >= 0.6 is 0 Å². The van der Waals surface area contributed by atoms with Crippen LogP contribution in [0.4, 0.5) is 0 Å². The van der Waals surface area contributed by atoms with Gasteiger partial charge in [-0.2, -0.15) is 4.98 Å². The van der Waals surface area contributed by atoms with E-state index in [1.165, 1.54) is 0 Å². The van der Waals surface area contributed by atoms with Crippen molar-refractivity contribution in [3.05, 3.63) is 30.1 Å². The van der Waals surface area contributed by atoms with Crippen LogP contribution in [0.2, 0.25) is 0 Å². The second-order valence-electron chi connectivity index (χ2n) is 4.98. The summed E-state index contributed by atoms with van der Waals surface area (Å²) in [7, 11) is 0. The van der Waals surface area contributed by atoms with Gasteiger partial charge < -0.3 is 14.4 Å². The third-order valence-corrected chi connectivity index (χ3v) is 3.50. The van der Waals surface area contributed by atoms with Crippen molar-refractivity contribution in [2.24, 2.45) is 0 Å². The molecule has 1 saturated heterocycles. The van der Waals surface area contributed by atoms with Gasteiger partial charge in [0.25, 0.3) is 5.89 Å². The van der Waals surface area contributed by atoms with Gasteiger partial charge in [-0.05, 0) is 38.3 Å². The number of rotatable bonds is 2. The van der Waals surface area contributed by atoms with E-state index in [4.69, 9.17) is 9.26 Å². The first-order chi connectivity index (χ1) is 9.19. The van der Waals surface area contributed by atoms with Crippen LogP contribution in [0.5, 0.6) is 5.75 Å². The third kappa shape index (κ3) is 2.21. The number of ether oxygens (including phenoxy) is 1. The highest BCUT2D eigenvalue weighted by molar-refractivity contribution is 5.61. The van der Waals surface area contributed by atoms with E-state index in [0.29, 0.717) is 17.3 Å². The average molecular weight is 260 g/mol. The van der Waals surface area contributed by atoms with Crippen LogP contribution in [0.3, 0.4) is 0 Å². The normalized spacial score (nSPS) is 23.4. The molecule has 0 spiro atoms. The molecular formula is C14H16N2O3. The molecule has 0 radical (unpaired) electrons. The fourth-order valence-electron chi connectivity index (χ4n) is 2.31. The molecule has 0 bridgehead atoms. The molecule has 1 atom stereocenters. The SMILES string of the molecule is CC1(c2noc(-c3ccccc3O)n2)CCCCO1. The van der Waals surface area contributed by atoms with E-state index in [-0.39, 0.29) is 5.75 Å². The molecule has 1 unspecified atom stereocenters. The molecule has 0 amide bonds. The van der Waals surface area contributed by atoms with Gasteiger partial charge in [-0.1, -0.05) is 17.3 Å². The van der Waals surface area contributed by atoms with Gasteiger partial charge in [-0.15, -0.1) is 0 Å². The lowest BCUT2D eigenvalue weighted by Gasteiger charge is -2.30. The highest BCUT2D eigenvalue weighted by Gasteiger charge is 2.35. The van der Waals surface area contributed by atoms with Crippen LogP contribution in [0, 0.1) is 0 Å². The topological polar surface area (TPSA) is 68.4 Å². The fourth-order valence-corrected chi connectivity index (χ4v) is 2.31. The van der Waals surface area contributed by atoms with Crippen LogP contribution in [0.1, 0.15) is 32.0 Å². The van der Waals surface area contributed by atoms with E-state index in [1.807, 2.05) is 13.0 Å². The van der Waals surface area contributed by atoms with Gasteiger partial charge in [0.05, 0.1) is 5.56 Å². The highest BCUT2D eigenvalue weighted by Crippen LogP contribution is 2.35. The van der Waals surface area contributed by atoms with Crippen molar-refractivity contribution in [2.75, 3.05) is 6.61 Å². The molecule has 2 heterocycles. The van der Waals surface area contributed by atoms with Crippen LogP contribution in [-0.2, 0) is 10.3 Å². The van der Waals surface area contributed by atoms with E-state index < -0.39 is 5.60 Å². The molecule has 2 aromatic rings. The molecule has 19 heavy (non-hydrogen) atoms. The summed E-state index contributed by atoms with van der Waals surface area (Å²) in [5.41, 5.74) is 0.0605. The molecule has 5 nitrogen and oxygen atoms in total. The predicted octanol–water partition coefficient (Wildman–Crippen LogP) is 2.86. The first kappa shape index (κ1) is 12.2. The second-order valence-corrected chi connectivity index (χ2v) is 4.98. The van der Waals surface area contributed by atoms with E-state index >= 15 is 0 Å². The maximum Gasteiger partial charge on any atom is 0.261 e. The maximum atomic E-state index is 9.79. The number of nitrogens with zero attached hydrogens (tertiary/aromatic N) is 2. The van der Waals surface area contributed by atoms with Crippen molar-refractivity contribution in [2.45, 2.75) is 31.8 Å². The molecule has 3 rings (SSSR count). The number of para-hydroxylation sites is 1. The number of hydrogen-bond donors (Lipinski definition) is 1. The largest absolute Gasteiger partial charge is 0.507 e. The molecular weight excluding hydrogens is 244 g/mol. The summed E-state index contributed by atoms with van der Waals surface area (Å²) in [6, 6.07) is 6.91. The van der Waals surface area contributed by atoms with Crippen LogP contribution in [-0.4, -0.2) is 21.9 Å². The zero-order chi connectivity index (χ0) is 13.3. The fraction of sp³-hybridized carbons (Fsp3) is 0.429. The number of phenolic OH excluding ortho intramolecular Hbond substituents is 1. The summed E-state index contributed by atoms with van der Waals surface area (Å²) in [4.78, 5) is 4.37. The molecule has 0 aliphatic carbocycles. The van der Waals surface area contributed by atoms with Crippen LogP contribution in [0.15, 0.2) is 28.8 Å². The van der Waals surface area contributed by atoms with Gasteiger partial charge in [0, 0.05) is 6.61 Å². The lowest BCUT2D eigenvalue weighted by Crippen LogP contribution is -2.31. The van der Waals surface area contributed by atoms with Gasteiger partial charge in [0.2, 0.25) is 5.82 Å². The first-order valence-electron chi connectivity index (χ1n) is 6.45. The standard InChI is InChI=1S/C14H16N2O3/c1-14(8-4-5-9-18-14)13-15-12(19-16-13)10-6-2-3-7-11(10)17/h2-3,6-7,17H,4-5,8-9H2,1H3. The Kier molecular flexibility index (Phi) is 2.98. The van der Waals surface area contributed by atoms with E-state index in [2.05, 4.69) is 10.1 Å². The third-order valence-electron chi connectivity index (χ3n) is 3.50. The molecule has 100 valence electrons. The Morgan fingerprint density at radius 2 is 2.11 bits per heavy atom. The van der Waals surface area contributed by atoms with Crippen LogP contribution in [0.25, 0.3) is 11.5 Å². The van der Waals surface area contributed by atoms with E-state index in [0.717, 1.165) is 25.9 Å². The lowest BCUT2D eigenvalue weighted by atomic mass is 9.95. The molecule has 1 aromatic carbocycles. The monoisotopic (exact) mass is 260 g/mol. The smallest absolute Gasteiger partial charge is 0.261 e. The summed E-state index contributed by atoms with van der Waals surface area (Å²) in [5.74, 6) is 1.00. The Balaban J connectivity index is 1.93. The molecule has 1 aliphatic rings. The van der Waals surface area contributed by atoms with E-state index in [1.54, 1.807) is 18.2 Å². The van der Waals surface area contributed by atoms with Crippen molar-refractivity contribution in [3.63, 3.8) is 0 Å². The number of aromatic hydroxyl groups is 1. The lowest BCUT2D eigenvalue weighted by molar-refractivity contribution is -0.0770. The van der Waals surface area contributed by atoms with Gasteiger partial charge >= 0.3 is 0 Å². The number of benzene rings is 1. The minimum atomic E-state index is -0.482. The van der Waals surface area contributed by atoms with Crippen molar-refractivity contribution in [3.8, 4) is 17.2 Å². The molecule has 0 saturated carbocycles. The van der Waals surface area contributed by atoms with Gasteiger partial charge in [0.15, 0.2) is 0 Å². The number of hydrogen-bond acceptors (Lipinski definition) is 5. The highest BCUT2D eigenvalue weighted by atomic mass is 16.5.